The van der Waals surface area contributed by atoms with Crippen molar-refractivity contribution >= 4 is 10.8 Å². The van der Waals surface area contributed by atoms with Gasteiger partial charge in [-0.25, -0.2) is 0 Å². The lowest BCUT2D eigenvalue weighted by Gasteiger charge is -2.31. The number of fused-ring (bicyclic) bond motifs is 1. The maximum atomic E-state index is 6.29. The van der Waals surface area contributed by atoms with Crippen molar-refractivity contribution in [3.8, 4) is 5.75 Å². The van der Waals surface area contributed by atoms with Crippen LogP contribution < -0.4 is 10.1 Å². The molecule has 0 saturated heterocycles. The molecule has 2 heteroatoms. The first kappa shape index (κ1) is 13.4. The van der Waals surface area contributed by atoms with E-state index in [1.807, 2.05) is 7.05 Å². The van der Waals surface area contributed by atoms with E-state index in [9.17, 15) is 0 Å². The van der Waals surface area contributed by atoms with E-state index >= 15 is 0 Å². The van der Waals surface area contributed by atoms with Crippen molar-refractivity contribution in [1.82, 2.24) is 5.32 Å². The van der Waals surface area contributed by atoms with Crippen LogP contribution in [0.25, 0.3) is 10.8 Å². The highest BCUT2D eigenvalue weighted by Crippen LogP contribution is 2.29. The van der Waals surface area contributed by atoms with Crippen LogP contribution >= 0.6 is 0 Å². The van der Waals surface area contributed by atoms with Gasteiger partial charge in [0.1, 0.15) is 11.9 Å². The van der Waals surface area contributed by atoms with Gasteiger partial charge in [0.05, 0.1) is 0 Å². The first-order chi connectivity index (χ1) is 9.86. The fourth-order valence-corrected chi connectivity index (χ4v) is 3.24. The molecule has 0 heterocycles. The van der Waals surface area contributed by atoms with Crippen molar-refractivity contribution in [2.45, 2.75) is 31.8 Å². The molecule has 0 aromatic heterocycles. The summed E-state index contributed by atoms with van der Waals surface area (Å²) in [6, 6.07) is 14.9. The lowest BCUT2D eigenvalue weighted by Crippen LogP contribution is -2.36. The lowest BCUT2D eigenvalue weighted by molar-refractivity contribution is 0.0932. The predicted octanol–water partition coefficient (Wildman–Crippen LogP) is 4.00. The molecule has 0 spiro atoms. The van der Waals surface area contributed by atoms with Gasteiger partial charge in [0.25, 0.3) is 0 Å². The zero-order chi connectivity index (χ0) is 13.8. The molecule has 2 atom stereocenters. The Labute approximate surface area is 121 Å². The van der Waals surface area contributed by atoms with Crippen LogP contribution in [0.1, 0.15) is 25.7 Å². The second-order valence-corrected chi connectivity index (χ2v) is 5.77. The zero-order valence-electron chi connectivity index (χ0n) is 12.1. The van der Waals surface area contributed by atoms with Crippen LogP contribution in [-0.2, 0) is 0 Å². The number of ether oxygens (including phenoxy) is 1. The van der Waals surface area contributed by atoms with Gasteiger partial charge < -0.3 is 10.1 Å². The largest absolute Gasteiger partial charge is 0.490 e. The summed E-state index contributed by atoms with van der Waals surface area (Å²) in [5, 5.41) is 5.83. The first-order valence-electron chi connectivity index (χ1n) is 7.67. The highest BCUT2D eigenvalue weighted by atomic mass is 16.5. The Morgan fingerprint density at radius 3 is 2.70 bits per heavy atom. The van der Waals surface area contributed by atoms with Gasteiger partial charge in [0.15, 0.2) is 0 Å². The summed E-state index contributed by atoms with van der Waals surface area (Å²) in [6.45, 7) is 1.05. The Bertz CT molecular complexity index is 564. The van der Waals surface area contributed by atoms with E-state index in [1.165, 1.54) is 36.5 Å². The number of hydrogen-bond acceptors (Lipinski definition) is 2. The molecule has 0 radical (unpaired) electrons. The predicted molar refractivity (Wildman–Crippen MR) is 84.2 cm³/mol. The summed E-state index contributed by atoms with van der Waals surface area (Å²) in [6.07, 6.45) is 5.44. The summed E-state index contributed by atoms with van der Waals surface area (Å²) in [7, 11) is 2.03. The van der Waals surface area contributed by atoms with Crippen molar-refractivity contribution in [3.63, 3.8) is 0 Å². The maximum absolute atomic E-state index is 6.29. The van der Waals surface area contributed by atoms with Gasteiger partial charge in [-0.1, -0.05) is 36.8 Å². The Hall–Kier alpha value is -1.54. The quantitative estimate of drug-likeness (QED) is 0.906. The molecule has 106 valence electrons. The second-order valence-electron chi connectivity index (χ2n) is 5.77. The average molecular weight is 269 g/mol. The van der Waals surface area contributed by atoms with E-state index < -0.39 is 0 Å². The van der Waals surface area contributed by atoms with E-state index in [-0.39, 0.29) is 0 Å². The molecule has 2 aromatic carbocycles. The van der Waals surface area contributed by atoms with Gasteiger partial charge in [-0.3, -0.25) is 0 Å². The molecule has 1 fully saturated rings. The van der Waals surface area contributed by atoms with E-state index in [2.05, 4.69) is 47.8 Å². The van der Waals surface area contributed by atoms with E-state index in [4.69, 9.17) is 4.74 Å². The summed E-state index contributed by atoms with van der Waals surface area (Å²) in [4.78, 5) is 0. The van der Waals surface area contributed by atoms with E-state index in [1.54, 1.807) is 0 Å². The van der Waals surface area contributed by atoms with Crippen molar-refractivity contribution in [1.29, 1.82) is 0 Å². The van der Waals surface area contributed by atoms with Gasteiger partial charge >= 0.3 is 0 Å². The SMILES string of the molecule is CNCC1CCCCC1Oc1ccc2ccccc2c1. The summed E-state index contributed by atoms with van der Waals surface area (Å²) >= 11 is 0. The number of nitrogens with one attached hydrogen (secondary N) is 1. The molecule has 1 aliphatic carbocycles. The zero-order valence-corrected chi connectivity index (χ0v) is 12.1. The Balaban J connectivity index is 1.77. The lowest BCUT2D eigenvalue weighted by atomic mass is 9.86. The van der Waals surface area contributed by atoms with Crippen LogP contribution in [0.2, 0.25) is 0 Å². The van der Waals surface area contributed by atoms with Crippen molar-refractivity contribution in [2.75, 3.05) is 13.6 Å². The number of rotatable bonds is 4. The number of benzene rings is 2. The molecule has 1 saturated carbocycles. The molecule has 0 bridgehead atoms. The summed E-state index contributed by atoms with van der Waals surface area (Å²) in [5.41, 5.74) is 0. The molecule has 2 unspecified atom stereocenters. The minimum atomic E-state index is 0.359. The van der Waals surface area contributed by atoms with Gasteiger partial charge in [-0.15, -0.1) is 0 Å². The molecular formula is C18H23NO. The highest BCUT2D eigenvalue weighted by Gasteiger charge is 2.26. The van der Waals surface area contributed by atoms with Crippen LogP contribution in [0.4, 0.5) is 0 Å². The van der Waals surface area contributed by atoms with Gasteiger partial charge in [0.2, 0.25) is 0 Å². The van der Waals surface area contributed by atoms with Crippen LogP contribution in [0.15, 0.2) is 42.5 Å². The minimum Gasteiger partial charge on any atom is -0.490 e. The molecule has 2 aromatic rings. The third-order valence-electron chi connectivity index (χ3n) is 4.31. The smallest absolute Gasteiger partial charge is 0.120 e. The van der Waals surface area contributed by atoms with Crippen LogP contribution in [-0.4, -0.2) is 19.7 Å². The van der Waals surface area contributed by atoms with Crippen LogP contribution in [0.3, 0.4) is 0 Å². The fourth-order valence-electron chi connectivity index (χ4n) is 3.24. The summed E-state index contributed by atoms with van der Waals surface area (Å²) < 4.78 is 6.29. The maximum Gasteiger partial charge on any atom is 0.120 e. The summed E-state index contributed by atoms with van der Waals surface area (Å²) in [5.74, 6) is 1.65. The first-order valence-corrected chi connectivity index (χ1v) is 7.67. The van der Waals surface area contributed by atoms with Gasteiger partial charge in [-0.2, -0.15) is 0 Å². The van der Waals surface area contributed by atoms with Crippen molar-refractivity contribution in [3.05, 3.63) is 42.5 Å². The molecule has 1 N–H and O–H groups in total. The van der Waals surface area contributed by atoms with E-state index in [0.29, 0.717) is 12.0 Å². The molecular weight excluding hydrogens is 246 g/mol. The molecule has 2 nitrogen and oxygen atoms in total. The van der Waals surface area contributed by atoms with Crippen LogP contribution in [0.5, 0.6) is 5.75 Å². The standard InChI is InChI=1S/C18H23NO/c1-19-13-16-8-4-5-9-18(16)20-17-11-10-14-6-2-3-7-15(14)12-17/h2-3,6-7,10-12,16,18-19H,4-5,8-9,13H2,1H3. The Morgan fingerprint density at radius 2 is 1.85 bits per heavy atom. The normalized spacial score (nSPS) is 22.9. The third-order valence-corrected chi connectivity index (χ3v) is 4.31. The molecule has 0 aliphatic heterocycles. The van der Waals surface area contributed by atoms with Gasteiger partial charge in [-0.05, 0) is 49.2 Å². The molecule has 1 aliphatic rings. The molecule has 0 amide bonds. The van der Waals surface area contributed by atoms with Crippen molar-refractivity contribution < 1.29 is 4.74 Å². The monoisotopic (exact) mass is 269 g/mol. The average Bonchev–Trinajstić information content (AvgIpc) is 2.49. The second kappa shape index (κ2) is 6.27. The van der Waals surface area contributed by atoms with Gasteiger partial charge in [0, 0.05) is 12.5 Å². The number of hydrogen-bond donors (Lipinski definition) is 1. The molecule has 3 rings (SSSR count). The highest BCUT2D eigenvalue weighted by molar-refractivity contribution is 5.83. The minimum absolute atomic E-state index is 0.359. The molecule has 20 heavy (non-hydrogen) atoms. The van der Waals surface area contributed by atoms with E-state index in [0.717, 1.165) is 12.3 Å². The Morgan fingerprint density at radius 1 is 1.05 bits per heavy atom. The van der Waals surface area contributed by atoms with Crippen molar-refractivity contribution in [2.24, 2.45) is 5.92 Å². The third kappa shape index (κ3) is 2.96. The fraction of sp³-hybridized carbons (Fsp3) is 0.444. The Kier molecular flexibility index (Phi) is 4.22. The van der Waals surface area contributed by atoms with Crippen LogP contribution in [0, 0.1) is 5.92 Å². The topological polar surface area (TPSA) is 21.3 Å².